The Balaban J connectivity index is 1.63. The Kier molecular flexibility index (Phi) is 5.87. The van der Waals surface area contributed by atoms with Gasteiger partial charge in [0.05, 0.1) is 6.10 Å². The molecule has 2 rings (SSSR count). The van der Waals surface area contributed by atoms with Crippen LogP contribution in [-0.4, -0.2) is 23.7 Å². The van der Waals surface area contributed by atoms with Crippen LogP contribution in [0.3, 0.4) is 0 Å². The zero-order valence-corrected chi connectivity index (χ0v) is 11.8. The van der Waals surface area contributed by atoms with E-state index in [9.17, 15) is 9.90 Å². The summed E-state index contributed by atoms with van der Waals surface area (Å²) in [6.07, 6.45) is 5.87. The molecule has 0 bridgehead atoms. The Morgan fingerprint density at radius 1 is 1.20 bits per heavy atom. The lowest BCUT2D eigenvalue weighted by Crippen LogP contribution is -2.43. The lowest BCUT2D eigenvalue weighted by atomic mass is 9.96. The maximum absolute atomic E-state index is 11.7. The number of carbonyl (C=O) groups is 1. The summed E-state index contributed by atoms with van der Waals surface area (Å²) >= 11 is 0. The molecular weight excluding hydrogens is 252 g/mol. The predicted molar refractivity (Wildman–Crippen MR) is 79.4 cm³/mol. The molecule has 3 N–H and O–H groups in total. The van der Waals surface area contributed by atoms with Crippen LogP contribution in [0.2, 0.25) is 0 Å². The van der Waals surface area contributed by atoms with Gasteiger partial charge in [0, 0.05) is 12.6 Å². The molecule has 0 spiro atoms. The number of nitrogens with one attached hydrogen (secondary N) is 2. The van der Waals surface area contributed by atoms with Gasteiger partial charge in [-0.3, -0.25) is 0 Å². The third kappa shape index (κ3) is 4.85. The number of aliphatic hydroxyl groups excluding tert-OH is 1. The fourth-order valence-electron chi connectivity index (χ4n) is 2.65. The summed E-state index contributed by atoms with van der Waals surface area (Å²) in [7, 11) is 0. The topological polar surface area (TPSA) is 61.4 Å². The second kappa shape index (κ2) is 7.90. The summed E-state index contributed by atoms with van der Waals surface area (Å²) in [5.74, 6) is 0. The van der Waals surface area contributed by atoms with E-state index in [0.29, 0.717) is 19.0 Å². The highest BCUT2D eigenvalue weighted by Crippen LogP contribution is 2.17. The van der Waals surface area contributed by atoms with Crippen LogP contribution in [0.1, 0.15) is 50.2 Å². The number of benzene rings is 1. The molecule has 1 atom stereocenters. The molecule has 2 amide bonds. The lowest BCUT2D eigenvalue weighted by Gasteiger charge is -2.23. The predicted octanol–water partition coefficient (Wildman–Crippen LogP) is 2.74. The normalized spacial score (nSPS) is 17.4. The minimum absolute atomic E-state index is 0.114. The number of aliphatic hydroxyl groups is 1. The molecular formula is C16H24N2O2. The van der Waals surface area contributed by atoms with Gasteiger partial charge in [-0.1, -0.05) is 49.6 Å². The summed E-state index contributed by atoms with van der Waals surface area (Å²) in [4.78, 5) is 11.7. The van der Waals surface area contributed by atoms with Gasteiger partial charge in [-0.15, -0.1) is 0 Å². The fourth-order valence-corrected chi connectivity index (χ4v) is 2.65. The van der Waals surface area contributed by atoms with Crippen LogP contribution in [0.25, 0.3) is 0 Å². The van der Waals surface area contributed by atoms with E-state index in [-0.39, 0.29) is 6.03 Å². The smallest absolute Gasteiger partial charge is 0.315 e. The van der Waals surface area contributed by atoms with Crippen molar-refractivity contribution >= 4 is 6.03 Å². The Morgan fingerprint density at radius 3 is 2.60 bits per heavy atom. The van der Waals surface area contributed by atoms with Crippen LogP contribution >= 0.6 is 0 Å². The maximum Gasteiger partial charge on any atom is 0.315 e. The molecule has 0 aromatic heterocycles. The van der Waals surface area contributed by atoms with Gasteiger partial charge in [0.15, 0.2) is 0 Å². The fraction of sp³-hybridized carbons (Fsp3) is 0.562. The van der Waals surface area contributed by atoms with Crippen molar-refractivity contribution in [1.29, 1.82) is 0 Å². The number of carbonyl (C=O) groups excluding carboxylic acids is 1. The summed E-state index contributed by atoms with van der Waals surface area (Å²) in [5, 5.41) is 15.8. The minimum atomic E-state index is -0.522. The Labute approximate surface area is 120 Å². The Morgan fingerprint density at radius 2 is 1.90 bits per heavy atom. The van der Waals surface area contributed by atoms with Crippen molar-refractivity contribution in [1.82, 2.24) is 10.6 Å². The van der Waals surface area contributed by atoms with E-state index in [1.165, 1.54) is 19.3 Å². The molecule has 1 fully saturated rings. The van der Waals surface area contributed by atoms with Gasteiger partial charge < -0.3 is 15.7 Å². The summed E-state index contributed by atoms with van der Waals surface area (Å²) < 4.78 is 0. The second-order valence-corrected chi connectivity index (χ2v) is 5.45. The van der Waals surface area contributed by atoms with Crippen molar-refractivity contribution in [2.75, 3.05) is 6.54 Å². The highest BCUT2D eigenvalue weighted by molar-refractivity contribution is 5.74. The number of rotatable bonds is 5. The molecule has 1 unspecified atom stereocenters. The van der Waals surface area contributed by atoms with Crippen LogP contribution < -0.4 is 10.6 Å². The standard InChI is InChI=1S/C16H24N2O2/c19-15(13-7-3-1-4-8-13)11-12-17-16(20)18-14-9-5-2-6-10-14/h1,3-4,7-8,14-15,19H,2,5-6,9-12H2,(H2,17,18,20). The SMILES string of the molecule is O=C(NCCC(O)c1ccccc1)NC1CCCCC1. The quantitative estimate of drug-likeness (QED) is 0.774. The zero-order chi connectivity index (χ0) is 14.2. The number of hydrogen-bond donors (Lipinski definition) is 3. The molecule has 1 aromatic carbocycles. The number of hydrogen-bond acceptors (Lipinski definition) is 2. The summed E-state index contributed by atoms with van der Waals surface area (Å²) in [5.41, 5.74) is 0.891. The first-order valence-corrected chi connectivity index (χ1v) is 7.53. The molecule has 1 saturated carbocycles. The molecule has 1 aliphatic rings. The second-order valence-electron chi connectivity index (χ2n) is 5.45. The monoisotopic (exact) mass is 276 g/mol. The number of amides is 2. The molecule has 4 nitrogen and oxygen atoms in total. The third-order valence-corrected chi connectivity index (χ3v) is 3.83. The largest absolute Gasteiger partial charge is 0.388 e. The van der Waals surface area contributed by atoms with E-state index in [1.54, 1.807) is 0 Å². The summed E-state index contributed by atoms with van der Waals surface area (Å²) in [6.45, 7) is 0.481. The molecule has 0 heterocycles. The van der Waals surface area contributed by atoms with E-state index in [4.69, 9.17) is 0 Å². The van der Waals surface area contributed by atoms with E-state index in [1.807, 2.05) is 30.3 Å². The number of urea groups is 1. The Hall–Kier alpha value is -1.55. The molecule has 0 aliphatic heterocycles. The van der Waals surface area contributed by atoms with Crippen molar-refractivity contribution in [3.63, 3.8) is 0 Å². The highest BCUT2D eigenvalue weighted by Gasteiger charge is 2.15. The molecule has 4 heteroatoms. The van der Waals surface area contributed by atoms with Crippen molar-refractivity contribution in [2.24, 2.45) is 0 Å². The van der Waals surface area contributed by atoms with Crippen LogP contribution in [0.15, 0.2) is 30.3 Å². The lowest BCUT2D eigenvalue weighted by molar-refractivity contribution is 0.166. The van der Waals surface area contributed by atoms with Crippen molar-refractivity contribution in [2.45, 2.75) is 50.7 Å². The average molecular weight is 276 g/mol. The van der Waals surface area contributed by atoms with Gasteiger partial charge >= 0.3 is 6.03 Å². The third-order valence-electron chi connectivity index (χ3n) is 3.83. The van der Waals surface area contributed by atoms with Gasteiger partial charge in [0.25, 0.3) is 0 Å². The van der Waals surface area contributed by atoms with Gasteiger partial charge in [0.1, 0.15) is 0 Å². The average Bonchev–Trinajstić information content (AvgIpc) is 2.49. The molecule has 0 saturated heterocycles. The molecule has 0 radical (unpaired) electrons. The summed E-state index contributed by atoms with van der Waals surface area (Å²) in [6, 6.07) is 9.73. The first kappa shape index (κ1) is 14.9. The first-order chi connectivity index (χ1) is 9.75. The van der Waals surface area contributed by atoms with Crippen LogP contribution in [-0.2, 0) is 0 Å². The highest BCUT2D eigenvalue weighted by atomic mass is 16.3. The first-order valence-electron chi connectivity index (χ1n) is 7.53. The molecule has 20 heavy (non-hydrogen) atoms. The van der Waals surface area contributed by atoms with Crippen molar-refractivity contribution < 1.29 is 9.90 Å². The Bertz CT molecular complexity index is 402. The maximum atomic E-state index is 11.7. The van der Waals surface area contributed by atoms with Crippen LogP contribution in [0, 0.1) is 0 Å². The minimum Gasteiger partial charge on any atom is -0.388 e. The van der Waals surface area contributed by atoms with E-state index < -0.39 is 6.10 Å². The van der Waals surface area contributed by atoms with E-state index >= 15 is 0 Å². The van der Waals surface area contributed by atoms with Gasteiger partial charge in [0.2, 0.25) is 0 Å². The van der Waals surface area contributed by atoms with Crippen molar-refractivity contribution in [3.05, 3.63) is 35.9 Å². The van der Waals surface area contributed by atoms with E-state index in [0.717, 1.165) is 18.4 Å². The molecule has 110 valence electrons. The van der Waals surface area contributed by atoms with Crippen molar-refractivity contribution in [3.8, 4) is 0 Å². The molecule has 1 aliphatic carbocycles. The van der Waals surface area contributed by atoms with Gasteiger partial charge in [-0.2, -0.15) is 0 Å². The molecule has 1 aromatic rings. The van der Waals surface area contributed by atoms with E-state index in [2.05, 4.69) is 10.6 Å². The van der Waals surface area contributed by atoms with Gasteiger partial charge in [-0.05, 0) is 24.8 Å². The zero-order valence-electron chi connectivity index (χ0n) is 11.8. The van der Waals surface area contributed by atoms with Gasteiger partial charge in [-0.25, -0.2) is 4.79 Å². The van der Waals surface area contributed by atoms with Crippen LogP contribution in [0.4, 0.5) is 4.79 Å². The van der Waals surface area contributed by atoms with Crippen LogP contribution in [0.5, 0.6) is 0 Å².